The van der Waals surface area contributed by atoms with Gasteiger partial charge in [0.2, 0.25) is 10.0 Å². The van der Waals surface area contributed by atoms with Crippen molar-refractivity contribution in [2.24, 2.45) is 0 Å². The van der Waals surface area contributed by atoms with Crippen LogP contribution in [-0.2, 0) is 24.9 Å². The molecule has 0 aromatic heterocycles. The predicted molar refractivity (Wildman–Crippen MR) is 76.4 cm³/mol. The average Bonchev–Trinajstić information content (AvgIpc) is 3.01. The molecule has 0 radical (unpaired) electrons. The molecule has 21 heavy (non-hydrogen) atoms. The number of rotatable bonds is 5. The molecule has 9 heteroatoms. The predicted octanol–water partition coefficient (Wildman–Crippen LogP) is 0.653. The lowest BCUT2D eigenvalue weighted by Gasteiger charge is -2.17. The third-order valence-electron chi connectivity index (χ3n) is 3.42. The number of benzene rings is 1. The highest BCUT2D eigenvalue weighted by atomic mass is 32.2. The highest BCUT2D eigenvalue weighted by molar-refractivity contribution is 7.89. The molecule has 1 saturated heterocycles. The Morgan fingerprint density at radius 3 is 1.95 bits per heavy atom. The standard InChI is InChI=1S/C12H18N2O5S2/c1-13(19-2)20(15,16)11-5-7-12(8-6-11)21(17,18)14-9-3-4-10-14/h5-8H,3-4,9-10H2,1-2H3. The summed E-state index contributed by atoms with van der Waals surface area (Å²) in [6.45, 7) is 1.02. The van der Waals surface area contributed by atoms with E-state index < -0.39 is 20.0 Å². The van der Waals surface area contributed by atoms with Crippen molar-refractivity contribution in [2.45, 2.75) is 22.6 Å². The van der Waals surface area contributed by atoms with E-state index in [-0.39, 0.29) is 9.79 Å². The molecule has 1 aromatic carbocycles. The molecule has 0 saturated carbocycles. The van der Waals surface area contributed by atoms with E-state index in [0.717, 1.165) is 17.3 Å². The maximum atomic E-state index is 12.3. The van der Waals surface area contributed by atoms with Crippen LogP contribution in [0.4, 0.5) is 0 Å². The summed E-state index contributed by atoms with van der Waals surface area (Å²) < 4.78 is 50.8. The molecule has 0 atom stereocenters. The maximum Gasteiger partial charge on any atom is 0.264 e. The highest BCUT2D eigenvalue weighted by Crippen LogP contribution is 2.23. The van der Waals surface area contributed by atoms with Gasteiger partial charge in [-0.05, 0) is 37.1 Å². The highest BCUT2D eigenvalue weighted by Gasteiger charge is 2.28. The lowest BCUT2D eigenvalue weighted by Crippen LogP contribution is -2.28. The van der Waals surface area contributed by atoms with E-state index in [9.17, 15) is 16.8 Å². The van der Waals surface area contributed by atoms with Crippen LogP contribution in [-0.4, -0.2) is 52.9 Å². The van der Waals surface area contributed by atoms with Crippen LogP contribution in [0.5, 0.6) is 0 Å². The minimum Gasteiger partial charge on any atom is -0.288 e. The molecule has 0 N–H and O–H groups in total. The summed E-state index contributed by atoms with van der Waals surface area (Å²) in [7, 11) is -4.79. The lowest BCUT2D eigenvalue weighted by atomic mass is 10.4. The minimum atomic E-state index is -3.77. The van der Waals surface area contributed by atoms with Crippen LogP contribution in [0.25, 0.3) is 0 Å². The van der Waals surface area contributed by atoms with Gasteiger partial charge >= 0.3 is 0 Å². The fraction of sp³-hybridized carbons (Fsp3) is 0.500. The molecule has 0 unspecified atom stereocenters. The Labute approximate surface area is 125 Å². The first-order valence-electron chi connectivity index (χ1n) is 6.43. The molecule has 7 nitrogen and oxygen atoms in total. The van der Waals surface area contributed by atoms with E-state index in [2.05, 4.69) is 4.84 Å². The van der Waals surface area contributed by atoms with Crippen molar-refractivity contribution in [2.75, 3.05) is 27.2 Å². The Balaban J connectivity index is 2.31. The smallest absolute Gasteiger partial charge is 0.264 e. The van der Waals surface area contributed by atoms with Gasteiger partial charge in [-0.3, -0.25) is 4.84 Å². The zero-order valence-electron chi connectivity index (χ0n) is 11.9. The van der Waals surface area contributed by atoms with E-state index in [1.165, 1.54) is 42.7 Å². The van der Waals surface area contributed by atoms with E-state index >= 15 is 0 Å². The summed E-state index contributed by atoms with van der Waals surface area (Å²) in [5.41, 5.74) is 0. The quantitative estimate of drug-likeness (QED) is 0.738. The second-order valence-electron chi connectivity index (χ2n) is 4.68. The molecule has 1 heterocycles. The second-order valence-corrected chi connectivity index (χ2v) is 8.55. The van der Waals surface area contributed by atoms with Gasteiger partial charge in [-0.2, -0.15) is 4.31 Å². The molecule has 1 fully saturated rings. The molecular formula is C12H18N2O5S2. The van der Waals surface area contributed by atoms with Crippen molar-refractivity contribution in [3.63, 3.8) is 0 Å². The number of hydrogen-bond donors (Lipinski definition) is 0. The van der Waals surface area contributed by atoms with Crippen molar-refractivity contribution in [3.8, 4) is 0 Å². The largest absolute Gasteiger partial charge is 0.288 e. The van der Waals surface area contributed by atoms with Crippen LogP contribution in [0, 0.1) is 0 Å². The first-order valence-corrected chi connectivity index (χ1v) is 9.31. The number of nitrogens with zero attached hydrogens (tertiary/aromatic N) is 2. The van der Waals surface area contributed by atoms with Gasteiger partial charge in [0.15, 0.2) is 0 Å². The third-order valence-corrected chi connectivity index (χ3v) is 7.03. The van der Waals surface area contributed by atoms with Gasteiger partial charge < -0.3 is 0 Å². The molecular weight excluding hydrogens is 316 g/mol. The topological polar surface area (TPSA) is 84.0 Å². The SMILES string of the molecule is CON(C)S(=O)(=O)c1ccc(S(=O)(=O)N2CCCC2)cc1. The van der Waals surface area contributed by atoms with Crippen molar-refractivity contribution in [1.82, 2.24) is 8.77 Å². The number of hydroxylamine groups is 1. The lowest BCUT2D eigenvalue weighted by molar-refractivity contribution is -0.0258. The molecule has 1 aliphatic heterocycles. The summed E-state index contributed by atoms with van der Waals surface area (Å²) >= 11 is 0. The van der Waals surface area contributed by atoms with Crippen LogP contribution in [0.2, 0.25) is 0 Å². The summed E-state index contributed by atoms with van der Waals surface area (Å²) in [6.07, 6.45) is 1.70. The molecule has 0 spiro atoms. The van der Waals surface area contributed by atoms with E-state index in [1.807, 2.05) is 0 Å². The Bertz CT molecular complexity index is 692. The van der Waals surface area contributed by atoms with E-state index in [1.54, 1.807) is 0 Å². The summed E-state index contributed by atoms with van der Waals surface area (Å²) in [5, 5.41) is 0. The average molecular weight is 334 g/mol. The normalized spacial score (nSPS) is 17.5. The van der Waals surface area contributed by atoms with Crippen molar-refractivity contribution in [3.05, 3.63) is 24.3 Å². The Hall–Kier alpha value is -1.00. The van der Waals surface area contributed by atoms with Gasteiger partial charge in [-0.25, -0.2) is 16.8 Å². The van der Waals surface area contributed by atoms with Gasteiger partial charge in [0, 0.05) is 20.1 Å². The summed E-state index contributed by atoms with van der Waals surface area (Å²) in [4.78, 5) is 4.75. The number of hydrogen-bond acceptors (Lipinski definition) is 5. The van der Waals surface area contributed by atoms with Crippen LogP contribution >= 0.6 is 0 Å². The monoisotopic (exact) mass is 334 g/mol. The first kappa shape index (κ1) is 16.4. The van der Waals surface area contributed by atoms with Crippen molar-refractivity contribution in [1.29, 1.82) is 0 Å². The molecule has 0 aliphatic carbocycles. The van der Waals surface area contributed by atoms with E-state index in [4.69, 9.17) is 0 Å². The Kier molecular flexibility index (Phi) is 4.69. The van der Waals surface area contributed by atoms with Crippen molar-refractivity contribution < 1.29 is 21.7 Å². The molecule has 1 aromatic rings. The molecule has 118 valence electrons. The van der Waals surface area contributed by atoms with Gasteiger partial charge in [-0.15, -0.1) is 0 Å². The van der Waals surface area contributed by atoms with Crippen LogP contribution in [0.1, 0.15) is 12.8 Å². The molecule has 2 rings (SSSR count). The van der Waals surface area contributed by atoms with Crippen LogP contribution < -0.4 is 0 Å². The maximum absolute atomic E-state index is 12.3. The zero-order valence-corrected chi connectivity index (χ0v) is 13.5. The molecule has 1 aliphatic rings. The second kappa shape index (κ2) is 6.01. The van der Waals surface area contributed by atoms with Crippen LogP contribution in [0.3, 0.4) is 0 Å². The summed E-state index contributed by atoms with van der Waals surface area (Å²) in [5.74, 6) is 0. The third kappa shape index (κ3) is 3.11. The Morgan fingerprint density at radius 1 is 1.00 bits per heavy atom. The van der Waals surface area contributed by atoms with Crippen molar-refractivity contribution >= 4 is 20.0 Å². The van der Waals surface area contributed by atoms with Gasteiger partial charge in [0.05, 0.1) is 16.9 Å². The van der Waals surface area contributed by atoms with Gasteiger partial charge in [0.25, 0.3) is 10.0 Å². The number of sulfonamides is 2. The first-order chi connectivity index (χ1) is 9.80. The van der Waals surface area contributed by atoms with Crippen LogP contribution in [0.15, 0.2) is 34.1 Å². The minimum absolute atomic E-state index is 0.0211. The Morgan fingerprint density at radius 2 is 1.48 bits per heavy atom. The van der Waals surface area contributed by atoms with E-state index in [0.29, 0.717) is 13.1 Å². The fourth-order valence-electron chi connectivity index (χ4n) is 2.11. The summed E-state index contributed by atoms with van der Waals surface area (Å²) in [6, 6.07) is 5.16. The molecule has 0 amide bonds. The van der Waals surface area contributed by atoms with Gasteiger partial charge in [-0.1, -0.05) is 4.47 Å². The fourth-order valence-corrected chi connectivity index (χ4v) is 4.60. The molecule has 0 bridgehead atoms. The zero-order chi connectivity index (χ0) is 15.7. The van der Waals surface area contributed by atoms with Gasteiger partial charge in [0.1, 0.15) is 0 Å².